The van der Waals surface area contributed by atoms with E-state index in [1.165, 1.54) is 0 Å². The van der Waals surface area contributed by atoms with Gasteiger partial charge in [-0.25, -0.2) is 4.98 Å². The number of amides is 1. The van der Waals surface area contributed by atoms with Gasteiger partial charge >= 0.3 is 0 Å². The van der Waals surface area contributed by atoms with Gasteiger partial charge in [-0.15, -0.1) is 0 Å². The smallest absolute Gasteiger partial charge is 0.263 e. The predicted molar refractivity (Wildman–Crippen MR) is 112 cm³/mol. The number of carbonyl (C=O) groups excluding carboxylic acids is 1. The summed E-state index contributed by atoms with van der Waals surface area (Å²) in [5, 5.41) is 0.645. The maximum Gasteiger partial charge on any atom is 0.263 e. The third kappa shape index (κ3) is 3.55. The largest absolute Gasteiger partial charge is 0.481 e. The summed E-state index contributed by atoms with van der Waals surface area (Å²) in [7, 11) is 1.56. The lowest BCUT2D eigenvalue weighted by Gasteiger charge is -2.20. The fourth-order valence-electron chi connectivity index (χ4n) is 3.06. The summed E-state index contributed by atoms with van der Waals surface area (Å²) in [6.07, 6.45) is 5.41. The topological polar surface area (TPSA) is 42.4 Å². The molecule has 1 aromatic heterocycles. The second-order valence-electron chi connectivity index (χ2n) is 6.25. The molecule has 0 spiro atoms. The first-order valence-electron chi connectivity index (χ1n) is 8.74. The Morgan fingerprint density at radius 2 is 1.75 bits per heavy atom. The van der Waals surface area contributed by atoms with E-state index >= 15 is 0 Å². The van der Waals surface area contributed by atoms with Crippen LogP contribution in [0.15, 0.2) is 84.6 Å². The fourth-order valence-corrected chi connectivity index (χ4v) is 3.19. The van der Waals surface area contributed by atoms with Crippen molar-refractivity contribution in [1.29, 1.82) is 0 Å². The summed E-state index contributed by atoms with van der Waals surface area (Å²) in [5.41, 5.74) is 3.91. The summed E-state index contributed by atoms with van der Waals surface area (Å²) in [4.78, 5) is 19.1. The van der Waals surface area contributed by atoms with E-state index in [2.05, 4.69) is 4.98 Å². The molecule has 0 aliphatic carbocycles. The van der Waals surface area contributed by atoms with Crippen LogP contribution in [0, 0.1) is 0 Å². The van der Waals surface area contributed by atoms with Gasteiger partial charge in [-0.1, -0.05) is 54.1 Å². The Bertz CT molecular complexity index is 1060. The minimum Gasteiger partial charge on any atom is -0.481 e. The molecule has 0 radical (unpaired) electrons. The highest BCUT2D eigenvalue weighted by Crippen LogP contribution is 2.35. The second-order valence-corrected chi connectivity index (χ2v) is 6.68. The summed E-state index contributed by atoms with van der Waals surface area (Å²) >= 11 is 6.03. The van der Waals surface area contributed by atoms with Crippen LogP contribution in [0.1, 0.15) is 11.1 Å². The average molecular weight is 389 g/mol. The van der Waals surface area contributed by atoms with Crippen LogP contribution in [0.4, 0.5) is 5.69 Å². The first-order valence-corrected chi connectivity index (χ1v) is 9.12. The first kappa shape index (κ1) is 18.0. The average Bonchev–Trinajstić information content (AvgIpc) is 3.05. The third-order valence-corrected chi connectivity index (χ3v) is 4.68. The normalized spacial score (nSPS) is 15.1. The van der Waals surface area contributed by atoms with E-state index in [0.717, 1.165) is 16.8 Å². The minimum absolute atomic E-state index is 0.110. The van der Waals surface area contributed by atoms with Gasteiger partial charge in [0, 0.05) is 16.7 Å². The molecule has 0 N–H and O–H groups in total. The molecule has 3 aromatic rings. The number of halogens is 1. The molecule has 0 saturated carbocycles. The Morgan fingerprint density at radius 1 is 1.00 bits per heavy atom. The molecule has 0 atom stereocenters. The zero-order valence-corrected chi connectivity index (χ0v) is 15.9. The minimum atomic E-state index is -0.110. The molecule has 138 valence electrons. The van der Waals surface area contributed by atoms with E-state index in [4.69, 9.17) is 16.3 Å². The lowest BCUT2D eigenvalue weighted by atomic mass is 10.1. The molecule has 5 heteroatoms. The maximum atomic E-state index is 13.2. The number of rotatable bonds is 4. The van der Waals surface area contributed by atoms with E-state index in [0.29, 0.717) is 22.2 Å². The molecule has 0 fully saturated rings. The lowest BCUT2D eigenvalue weighted by molar-refractivity contribution is -0.113. The number of carbonyl (C=O) groups is 1. The maximum absolute atomic E-state index is 13.2. The molecule has 4 nitrogen and oxygen atoms in total. The van der Waals surface area contributed by atoms with Gasteiger partial charge in [0.15, 0.2) is 0 Å². The predicted octanol–water partition coefficient (Wildman–Crippen LogP) is 5.21. The van der Waals surface area contributed by atoms with Gasteiger partial charge in [-0.3, -0.25) is 9.69 Å². The van der Waals surface area contributed by atoms with Crippen LogP contribution in [0.2, 0.25) is 5.02 Å². The molecule has 2 aromatic carbocycles. The standard InChI is InChI=1S/C23H17ClN2O2/c1-28-22-12-11-20(15-25-22)26-21(17-7-9-19(24)10-8-17)14-18(23(26)27)13-16-5-3-2-4-6-16/h2-15H,1H3/b18-13+. The number of aromatic nitrogens is 1. The summed E-state index contributed by atoms with van der Waals surface area (Å²) < 4.78 is 5.13. The molecular formula is C23H17ClN2O2. The molecule has 1 amide bonds. The first-order chi connectivity index (χ1) is 13.7. The molecule has 4 rings (SSSR count). The van der Waals surface area contributed by atoms with Crippen LogP contribution in [0.3, 0.4) is 0 Å². The molecule has 0 unspecified atom stereocenters. The molecule has 1 aliphatic heterocycles. The van der Waals surface area contributed by atoms with Crippen LogP contribution in [-0.4, -0.2) is 18.0 Å². The Hall–Kier alpha value is -3.37. The number of anilines is 1. The Labute approximate surface area is 168 Å². The SMILES string of the molecule is COc1ccc(N2C(=O)/C(=C/c3ccccc3)C=C2c2ccc(Cl)cc2)cn1. The van der Waals surface area contributed by atoms with Crippen molar-refractivity contribution in [2.24, 2.45) is 0 Å². The van der Waals surface area contributed by atoms with Crippen molar-refractivity contribution >= 4 is 35.0 Å². The van der Waals surface area contributed by atoms with Gasteiger partial charge in [0.05, 0.1) is 24.7 Å². The molecule has 1 aliphatic rings. The fraction of sp³-hybridized carbons (Fsp3) is 0.0435. The Kier molecular flexibility index (Phi) is 4.96. The lowest BCUT2D eigenvalue weighted by Crippen LogP contribution is -2.25. The number of methoxy groups -OCH3 is 1. The van der Waals surface area contributed by atoms with E-state index in [-0.39, 0.29) is 5.91 Å². The third-order valence-electron chi connectivity index (χ3n) is 4.43. The van der Waals surface area contributed by atoms with Gasteiger partial charge in [0.2, 0.25) is 5.88 Å². The molecule has 2 heterocycles. The van der Waals surface area contributed by atoms with Crippen LogP contribution in [0.25, 0.3) is 11.8 Å². The monoisotopic (exact) mass is 388 g/mol. The van der Waals surface area contributed by atoms with E-state index in [1.54, 1.807) is 24.3 Å². The number of ether oxygens (including phenoxy) is 1. The van der Waals surface area contributed by atoms with Gasteiger partial charge in [0.25, 0.3) is 5.91 Å². The Balaban J connectivity index is 1.80. The summed E-state index contributed by atoms with van der Waals surface area (Å²) in [6.45, 7) is 0. The number of hydrogen-bond donors (Lipinski definition) is 0. The van der Waals surface area contributed by atoms with Crippen molar-refractivity contribution in [3.05, 3.63) is 101 Å². The van der Waals surface area contributed by atoms with Gasteiger partial charge < -0.3 is 4.74 Å². The zero-order chi connectivity index (χ0) is 19.5. The molecule has 28 heavy (non-hydrogen) atoms. The number of nitrogens with zero attached hydrogens (tertiary/aromatic N) is 2. The quantitative estimate of drug-likeness (QED) is 0.576. The number of benzene rings is 2. The molecule has 0 bridgehead atoms. The van der Waals surface area contributed by atoms with E-state index in [1.807, 2.05) is 72.8 Å². The van der Waals surface area contributed by atoms with Crippen molar-refractivity contribution in [2.75, 3.05) is 12.0 Å². The zero-order valence-electron chi connectivity index (χ0n) is 15.2. The van der Waals surface area contributed by atoms with Crippen LogP contribution in [0.5, 0.6) is 5.88 Å². The van der Waals surface area contributed by atoms with Crippen molar-refractivity contribution in [3.63, 3.8) is 0 Å². The van der Waals surface area contributed by atoms with Crippen LogP contribution >= 0.6 is 11.6 Å². The number of pyridine rings is 1. The van der Waals surface area contributed by atoms with Crippen molar-refractivity contribution in [1.82, 2.24) is 4.98 Å². The molecular weight excluding hydrogens is 372 g/mol. The Morgan fingerprint density at radius 3 is 2.39 bits per heavy atom. The number of hydrogen-bond acceptors (Lipinski definition) is 3. The van der Waals surface area contributed by atoms with Crippen molar-refractivity contribution < 1.29 is 9.53 Å². The van der Waals surface area contributed by atoms with Gasteiger partial charge in [-0.2, -0.15) is 0 Å². The van der Waals surface area contributed by atoms with Gasteiger partial charge in [0.1, 0.15) is 0 Å². The highest BCUT2D eigenvalue weighted by Gasteiger charge is 2.30. The van der Waals surface area contributed by atoms with E-state index in [9.17, 15) is 4.79 Å². The highest BCUT2D eigenvalue weighted by molar-refractivity contribution is 6.30. The summed E-state index contributed by atoms with van der Waals surface area (Å²) in [5.74, 6) is 0.383. The van der Waals surface area contributed by atoms with Crippen LogP contribution in [-0.2, 0) is 4.79 Å². The van der Waals surface area contributed by atoms with Gasteiger partial charge in [-0.05, 0) is 41.5 Å². The van der Waals surface area contributed by atoms with Crippen molar-refractivity contribution in [2.45, 2.75) is 0 Å². The van der Waals surface area contributed by atoms with Crippen LogP contribution < -0.4 is 9.64 Å². The highest BCUT2D eigenvalue weighted by atomic mass is 35.5. The molecule has 0 saturated heterocycles. The summed E-state index contributed by atoms with van der Waals surface area (Å²) in [6, 6.07) is 20.7. The van der Waals surface area contributed by atoms with E-state index < -0.39 is 0 Å². The second kappa shape index (κ2) is 7.71. The van der Waals surface area contributed by atoms with Crippen molar-refractivity contribution in [3.8, 4) is 5.88 Å².